The van der Waals surface area contributed by atoms with Gasteiger partial charge in [0.1, 0.15) is 6.61 Å². The summed E-state index contributed by atoms with van der Waals surface area (Å²) in [5.41, 5.74) is 1.06. The second kappa shape index (κ2) is 11.4. The number of benzene rings is 2. The topological polar surface area (TPSA) is 114 Å². The van der Waals surface area contributed by atoms with Gasteiger partial charge in [-0.1, -0.05) is 26.0 Å². The van der Waals surface area contributed by atoms with Gasteiger partial charge >= 0.3 is 6.09 Å². The number of nitrogens with one attached hydrogen (secondary N) is 2. The third-order valence-corrected chi connectivity index (χ3v) is 6.37. The van der Waals surface area contributed by atoms with Crippen LogP contribution < -0.4 is 10.6 Å². The van der Waals surface area contributed by atoms with Crippen LogP contribution in [0.3, 0.4) is 0 Å². The highest BCUT2D eigenvalue weighted by Gasteiger charge is 2.22. The quantitative estimate of drug-likeness (QED) is 0.539. The Kier molecular flexibility index (Phi) is 8.98. The lowest BCUT2D eigenvalue weighted by Gasteiger charge is -2.18. The molecule has 0 fully saturated rings. The fourth-order valence-electron chi connectivity index (χ4n) is 2.76. The lowest BCUT2D eigenvalue weighted by molar-refractivity contribution is 0.102. The summed E-state index contributed by atoms with van der Waals surface area (Å²) in [7, 11) is -2.17. The molecule has 0 unspecified atom stereocenters. The van der Waals surface area contributed by atoms with E-state index in [0.29, 0.717) is 24.5 Å². The van der Waals surface area contributed by atoms with Gasteiger partial charge in [0.2, 0.25) is 10.0 Å². The largest absolute Gasteiger partial charge is 0.447 e. The van der Waals surface area contributed by atoms with Crippen molar-refractivity contribution < 1.29 is 27.5 Å². The van der Waals surface area contributed by atoms with E-state index >= 15 is 0 Å². The molecule has 0 atom stereocenters. The number of carbonyl (C=O) groups excluding carboxylic acids is 2. The van der Waals surface area contributed by atoms with Crippen LogP contribution in [-0.2, 0) is 19.5 Å². The Hall–Kier alpha value is -2.95. The van der Waals surface area contributed by atoms with Crippen molar-refractivity contribution in [3.05, 3.63) is 54.1 Å². The van der Waals surface area contributed by atoms with Gasteiger partial charge in [0, 0.05) is 37.1 Å². The first kappa shape index (κ1) is 24.3. The highest BCUT2D eigenvalue weighted by atomic mass is 32.2. The van der Waals surface area contributed by atoms with Crippen LogP contribution in [0, 0.1) is 0 Å². The molecule has 9 nitrogen and oxygen atoms in total. The molecular weight excluding hydrogens is 422 g/mol. The number of anilines is 2. The van der Waals surface area contributed by atoms with Crippen LogP contribution in [0.4, 0.5) is 16.2 Å². The number of sulfonamides is 1. The molecule has 2 amide bonds. The van der Waals surface area contributed by atoms with Gasteiger partial charge in [0.05, 0.1) is 11.5 Å². The fourth-order valence-corrected chi connectivity index (χ4v) is 4.26. The SMILES string of the molecule is CCN(CC)S(=O)(=O)c1cccc(C(=O)Nc2cccc(NC(=O)OCCOC)c2)c1. The number of nitrogens with zero attached hydrogens (tertiary/aromatic N) is 1. The Morgan fingerprint density at radius 3 is 2.23 bits per heavy atom. The van der Waals surface area contributed by atoms with Crippen molar-refractivity contribution in [2.45, 2.75) is 18.7 Å². The summed E-state index contributed by atoms with van der Waals surface area (Å²) in [6.07, 6.45) is -0.644. The molecule has 0 aliphatic heterocycles. The Balaban J connectivity index is 2.11. The maximum atomic E-state index is 12.7. The first-order chi connectivity index (χ1) is 14.8. The molecule has 2 aromatic rings. The van der Waals surface area contributed by atoms with Gasteiger partial charge in [0.25, 0.3) is 5.91 Å². The smallest absolute Gasteiger partial charge is 0.411 e. The third kappa shape index (κ3) is 6.78. The standard InChI is InChI=1S/C21H27N3O6S/c1-4-24(5-2)31(27,28)19-11-6-8-16(14-19)20(25)22-17-9-7-10-18(15-17)23-21(26)30-13-12-29-3/h6-11,14-15H,4-5,12-13H2,1-3H3,(H,22,25)(H,23,26). The van der Waals surface area contributed by atoms with Crippen LogP contribution in [-0.4, -0.2) is 58.1 Å². The molecule has 0 aliphatic rings. The van der Waals surface area contributed by atoms with Crippen LogP contribution in [0.25, 0.3) is 0 Å². The van der Waals surface area contributed by atoms with Gasteiger partial charge in [-0.2, -0.15) is 4.31 Å². The fraction of sp³-hybridized carbons (Fsp3) is 0.333. The van der Waals surface area contributed by atoms with E-state index in [4.69, 9.17) is 9.47 Å². The van der Waals surface area contributed by atoms with Crippen molar-refractivity contribution in [1.82, 2.24) is 4.31 Å². The third-order valence-electron chi connectivity index (χ3n) is 4.33. The van der Waals surface area contributed by atoms with E-state index in [0.717, 1.165) is 0 Å². The summed E-state index contributed by atoms with van der Waals surface area (Å²) in [5, 5.41) is 5.26. The van der Waals surface area contributed by atoms with Crippen LogP contribution in [0.5, 0.6) is 0 Å². The minimum absolute atomic E-state index is 0.0538. The highest BCUT2D eigenvalue weighted by molar-refractivity contribution is 7.89. The van der Waals surface area contributed by atoms with Crippen LogP contribution in [0.2, 0.25) is 0 Å². The molecule has 2 N–H and O–H groups in total. The van der Waals surface area contributed by atoms with Gasteiger partial charge < -0.3 is 14.8 Å². The van der Waals surface area contributed by atoms with Crippen LogP contribution in [0.15, 0.2) is 53.4 Å². The number of hydrogen-bond acceptors (Lipinski definition) is 6. The minimum atomic E-state index is -3.68. The Bertz CT molecular complexity index is 1010. The average Bonchev–Trinajstić information content (AvgIpc) is 2.75. The molecule has 0 bridgehead atoms. The van der Waals surface area contributed by atoms with Gasteiger partial charge in [-0.25, -0.2) is 13.2 Å². The van der Waals surface area contributed by atoms with Crippen LogP contribution >= 0.6 is 0 Å². The number of ether oxygens (including phenoxy) is 2. The van der Waals surface area contributed by atoms with Crippen molar-refractivity contribution in [2.24, 2.45) is 0 Å². The molecule has 0 spiro atoms. The van der Waals surface area contributed by atoms with E-state index in [1.54, 1.807) is 38.1 Å². The first-order valence-corrected chi connectivity index (χ1v) is 11.2. The van der Waals surface area contributed by atoms with Crippen molar-refractivity contribution in [3.63, 3.8) is 0 Å². The lowest BCUT2D eigenvalue weighted by Crippen LogP contribution is -2.30. The van der Waals surface area contributed by atoms with E-state index in [1.807, 2.05) is 0 Å². The second-order valence-electron chi connectivity index (χ2n) is 6.41. The molecule has 2 aromatic carbocycles. The molecule has 0 saturated heterocycles. The number of methoxy groups -OCH3 is 1. The van der Waals surface area contributed by atoms with Crippen LogP contribution in [0.1, 0.15) is 24.2 Å². The van der Waals surface area contributed by atoms with Crippen molar-refractivity contribution >= 4 is 33.4 Å². The predicted octanol–water partition coefficient (Wildman–Crippen LogP) is 3.16. The summed E-state index contributed by atoms with van der Waals surface area (Å²) < 4.78 is 36.5. The molecule has 0 saturated carbocycles. The number of rotatable bonds is 10. The molecule has 0 heterocycles. The van der Waals surface area contributed by atoms with E-state index < -0.39 is 22.0 Å². The maximum Gasteiger partial charge on any atom is 0.411 e. The Morgan fingerprint density at radius 1 is 0.935 bits per heavy atom. The molecule has 0 radical (unpaired) electrons. The summed E-state index contributed by atoms with van der Waals surface area (Å²) >= 11 is 0. The minimum Gasteiger partial charge on any atom is -0.447 e. The summed E-state index contributed by atoms with van der Waals surface area (Å²) in [6, 6.07) is 12.4. The normalized spacial score (nSPS) is 11.2. The van der Waals surface area contributed by atoms with Crippen molar-refractivity contribution in [3.8, 4) is 0 Å². The molecule has 0 aromatic heterocycles. The predicted molar refractivity (Wildman–Crippen MR) is 118 cm³/mol. The molecular formula is C21H27N3O6S. The Morgan fingerprint density at radius 2 is 1.58 bits per heavy atom. The lowest BCUT2D eigenvalue weighted by atomic mass is 10.2. The molecule has 2 rings (SSSR count). The molecule has 168 valence electrons. The van der Waals surface area contributed by atoms with Gasteiger partial charge in [-0.05, 0) is 36.4 Å². The molecule has 31 heavy (non-hydrogen) atoms. The maximum absolute atomic E-state index is 12.7. The van der Waals surface area contributed by atoms with Gasteiger partial charge in [-0.3, -0.25) is 10.1 Å². The molecule has 10 heteroatoms. The first-order valence-electron chi connectivity index (χ1n) is 9.76. The number of hydrogen-bond donors (Lipinski definition) is 2. The van der Waals surface area contributed by atoms with Gasteiger partial charge in [-0.15, -0.1) is 0 Å². The summed E-state index contributed by atoms with van der Waals surface area (Å²) in [4.78, 5) is 24.5. The van der Waals surface area contributed by atoms with E-state index in [1.165, 1.54) is 35.7 Å². The van der Waals surface area contributed by atoms with Crippen molar-refractivity contribution in [1.29, 1.82) is 0 Å². The number of carbonyl (C=O) groups is 2. The second-order valence-corrected chi connectivity index (χ2v) is 8.34. The molecule has 0 aliphatic carbocycles. The summed E-state index contributed by atoms with van der Waals surface area (Å²) in [5.74, 6) is -0.476. The highest BCUT2D eigenvalue weighted by Crippen LogP contribution is 2.19. The zero-order valence-electron chi connectivity index (χ0n) is 17.8. The van der Waals surface area contributed by atoms with E-state index in [2.05, 4.69) is 10.6 Å². The Labute approximate surface area is 182 Å². The summed E-state index contributed by atoms with van der Waals surface area (Å²) in [6.45, 7) is 4.59. The zero-order chi connectivity index (χ0) is 22.9. The monoisotopic (exact) mass is 449 g/mol. The van der Waals surface area contributed by atoms with E-state index in [9.17, 15) is 18.0 Å². The average molecular weight is 450 g/mol. The van der Waals surface area contributed by atoms with E-state index in [-0.39, 0.29) is 23.7 Å². The zero-order valence-corrected chi connectivity index (χ0v) is 18.6. The van der Waals surface area contributed by atoms with Gasteiger partial charge in [0.15, 0.2) is 0 Å². The number of amides is 2. The van der Waals surface area contributed by atoms with Crippen molar-refractivity contribution in [2.75, 3.05) is 44.0 Å².